The number of fused-ring (bicyclic) bond motifs is 1. The summed E-state index contributed by atoms with van der Waals surface area (Å²) in [5.74, 6) is -0.110. The molecule has 4 heterocycles. The van der Waals surface area contributed by atoms with Gasteiger partial charge in [-0.2, -0.15) is 0 Å². The number of H-pyrrole nitrogens is 1. The zero-order valence-electron chi connectivity index (χ0n) is 18.3. The average Bonchev–Trinajstić information content (AvgIpc) is 3.41. The van der Waals surface area contributed by atoms with E-state index in [4.69, 9.17) is 4.74 Å². The standard InChI is InChI=1S/C22H30FN5O3/c1-4-31-21(29)17-11-25-20-16(5-8-24-20)19(17)26(3)18-13-28(9-6-14(18)2)22(30)27-10-7-15(23)12-27/h5,8,11,14-15,18H,4,6-7,9-10,12-13H2,1-3H3,(H,24,25)/t14-,15+,18+/m1/s1. The molecule has 2 amide bonds. The summed E-state index contributed by atoms with van der Waals surface area (Å²) in [5, 5.41) is 0.837. The van der Waals surface area contributed by atoms with Crippen LogP contribution in [0.4, 0.5) is 14.9 Å². The van der Waals surface area contributed by atoms with Gasteiger partial charge in [0.1, 0.15) is 17.4 Å². The fraction of sp³-hybridized carbons (Fsp3) is 0.591. The molecule has 0 radical (unpaired) electrons. The number of likely N-dealkylation sites (N-methyl/N-ethyl adjacent to an activating group) is 1. The van der Waals surface area contributed by atoms with E-state index in [0.29, 0.717) is 43.2 Å². The number of esters is 1. The zero-order chi connectivity index (χ0) is 22.1. The lowest BCUT2D eigenvalue weighted by Crippen LogP contribution is -2.55. The summed E-state index contributed by atoms with van der Waals surface area (Å²) in [6.45, 7) is 6.02. The van der Waals surface area contributed by atoms with Crippen molar-refractivity contribution in [2.24, 2.45) is 5.92 Å². The van der Waals surface area contributed by atoms with Gasteiger partial charge in [0, 0.05) is 50.5 Å². The van der Waals surface area contributed by atoms with Gasteiger partial charge in [0.05, 0.1) is 18.8 Å². The number of carbonyl (C=O) groups excluding carboxylic acids is 2. The van der Waals surface area contributed by atoms with Crippen LogP contribution >= 0.6 is 0 Å². The Morgan fingerprint density at radius 2 is 2.03 bits per heavy atom. The lowest BCUT2D eigenvalue weighted by molar-refractivity contribution is 0.0526. The number of aromatic nitrogens is 2. The number of likely N-dealkylation sites (tertiary alicyclic amines) is 2. The molecule has 4 rings (SSSR count). The highest BCUT2D eigenvalue weighted by molar-refractivity contribution is 6.04. The maximum atomic E-state index is 13.6. The van der Waals surface area contributed by atoms with E-state index in [9.17, 15) is 14.0 Å². The van der Waals surface area contributed by atoms with Crippen molar-refractivity contribution in [3.8, 4) is 0 Å². The third kappa shape index (κ3) is 4.05. The first-order chi connectivity index (χ1) is 14.9. The molecule has 0 aromatic carbocycles. The van der Waals surface area contributed by atoms with Crippen molar-refractivity contribution >= 4 is 28.7 Å². The largest absolute Gasteiger partial charge is 0.462 e. The molecule has 3 atom stereocenters. The number of halogens is 1. The molecule has 2 saturated heterocycles. The number of aromatic amines is 1. The highest BCUT2D eigenvalue weighted by atomic mass is 19.1. The molecule has 2 aromatic heterocycles. The summed E-state index contributed by atoms with van der Waals surface area (Å²) in [7, 11) is 1.95. The molecular weight excluding hydrogens is 401 g/mol. The van der Waals surface area contributed by atoms with E-state index < -0.39 is 12.1 Å². The van der Waals surface area contributed by atoms with Crippen LogP contribution in [0.3, 0.4) is 0 Å². The minimum atomic E-state index is -0.933. The summed E-state index contributed by atoms with van der Waals surface area (Å²) in [4.78, 5) is 38.6. The van der Waals surface area contributed by atoms with Gasteiger partial charge < -0.3 is 24.4 Å². The van der Waals surface area contributed by atoms with E-state index >= 15 is 0 Å². The number of piperidine rings is 1. The molecule has 2 aliphatic heterocycles. The first-order valence-electron chi connectivity index (χ1n) is 10.9. The van der Waals surface area contributed by atoms with Gasteiger partial charge in [0.2, 0.25) is 0 Å². The summed E-state index contributed by atoms with van der Waals surface area (Å²) >= 11 is 0. The lowest BCUT2D eigenvalue weighted by atomic mass is 9.91. The van der Waals surface area contributed by atoms with E-state index in [1.165, 1.54) is 0 Å². The van der Waals surface area contributed by atoms with Crippen LogP contribution in [-0.2, 0) is 4.74 Å². The fourth-order valence-corrected chi connectivity index (χ4v) is 4.72. The molecule has 0 saturated carbocycles. The van der Waals surface area contributed by atoms with Crippen molar-refractivity contribution in [2.75, 3.05) is 44.7 Å². The van der Waals surface area contributed by atoms with Crippen molar-refractivity contribution in [2.45, 2.75) is 38.9 Å². The van der Waals surface area contributed by atoms with Crippen LogP contribution in [0.5, 0.6) is 0 Å². The minimum Gasteiger partial charge on any atom is -0.462 e. The van der Waals surface area contributed by atoms with Gasteiger partial charge in [-0.1, -0.05) is 6.92 Å². The number of hydrogen-bond acceptors (Lipinski definition) is 5. The van der Waals surface area contributed by atoms with Crippen molar-refractivity contribution in [1.82, 2.24) is 19.8 Å². The van der Waals surface area contributed by atoms with Crippen LogP contribution in [-0.4, -0.2) is 83.8 Å². The van der Waals surface area contributed by atoms with E-state index in [-0.39, 0.29) is 25.2 Å². The highest BCUT2D eigenvalue weighted by Crippen LogP contribution is 2.34. The third-order valence-corrected chi connectivity index (χ3v) is 6.49. The Kier molecular flexibility index (Phi) is 6.02. The SMILES string of the molecule is CCOC(=O)c1cnc2[nH]ccc2c1N(C)[C@H]1CN(C(=O)N2CC[C@H](F)C2)CC[C@H]1C. The fourth-order valence-electron chi connectivity index (χ4n) is 4.72. The summed E-state index contributed by atoms with van der Waals surface area (Å²) in [6, 6.07) is 1.80. The minimum absolute atomic E-state index is 0.00449. The number of urea groups is 1. The second kappa shape index (κ2) is 8.72. The van der Waals surface area contributed by atoms with Gasteiger partial charge in [-0.15, -0.1) is 0 Å². The second-order valence-electron chi connectivity index (χ2n) is 8.49. The summed E-state index contributed by atoms with van der Waals surface area (Å²) in [6.07, 6.45) is 3.65. The Hall–Kier alpha value is -2.84. The molecule has 0 aliphatic carbocycles. The molecule has 0 unspecified atom stereocenters. The zero-order valence-corrected chi connectivity index (χ0v) is 18.3. The molecule has 8 nitrogen and oxygen atoms in total. The summed E-state index contributed by atoms with van der Waals surface area (Å²) in [5.41, 5.74) is 1.85. The predicted molar refractivity (Wildman–Crippen MR) is 116 cm³/mol. The normalized spacial score (nSPS) is 23.9. The van der Waals surface area contributed by atoms with Gasteiger partial charge in [0.15, 0.2) is 0 Å². The van der Waals surface area contributed by atoms with Crippen molar-refractivity contribution in [3.63, 3.8) is 0 Å². The van der Waals surface area contributed by atoms with Crippen molar-refractivity contribution < 1.29 is 18.7 Å². The van der Waals surface area contributed by atoms with Gasteiger partial charge in [-0.3, -0.25) is 0 Å². The van der Waals surface area contributed by atoms with Crippen LogP contribution in [0.15, 0.2) is 18.5 Å². The number of ether oxygens (including phenoxy) is 1. The number of hydrogen-bond donors (Lipinski definition) is 1. The monoisotopic (exact) mass is 431 g/mol. The van der Waals surface area contributed by atoms with Crippen LogP contribution in [0.25, 0.3) is 11.0 Å². The van der Waals surface area contributed by atoms with Crippen LogP contribution in [0, 0.1) is 5.92 Å². The molecule has 0 bridgehead atoms. The lowest BCUT2D eigenvalue weighted by Gasteiger charge is -2.43. The Balaban J connectivity index is 1.63. The quantitative estimate of drug-likeness (QED) is 0.753. The number of carbonyl (C=O) groups is 2. The van der Waals surface area contributed by atoms with Crippen LogP contribution < -0.4 is 4.90 Å². The Morgan fingerprint density at radius 1 is 1.29 bits per heavy atom. The van der Waals surface area contributed by atoms with E-state index in [1.54, 1.807) is 24.2 Å². The Labute approximate surface area is 181 Å². The maximum absolute atomic E-state index is 13.6. The molecule has 31 heavy (non-hydrogen) atoms. The van der Waals surface area contributed by atoms with Crippen LogP contribution in [0.1, 0.15) is 37.0 Å². The van der Waals surface area contributed by atoms with E-state index in [1.807, 2.05) is 18.0 Å². The number of rotatable bonds is 4. The predicted octanol–water partition coefficient (Wildman–Crippen LogP) is 3.05. The van der Waals surface area contributed by atoms with Gasteiger partial charge in [0.25, 0.3) is 0 Å². The smallest absolute Gasteiger partial charge is 0.341 e. The molecule has 0 spiro atoms. The molecule has 2 aromatic rings. The third-order valence-electron chi connectivity index (χ3n) is 6.49. The topological polar surface area (TPSA) is 81.8 Å². The van der Waals surface area contributed by atoms with Gasteiger partial charge >= 0.3 is 12.0 Å². The molecule has 9 heteroatoms. The summed E-state index contributed by atoms with van der Waals surface area (Å²) < 4.78 is 18.9. The number of nitrogens with one attached hydrogen (secondary N) is 1. The number of anilines is 1. The molecular formula is C22H30FN5O3. The number of amides is 2. The maximum Gasteiger partial charge on any atom is 0.341 e. The van der Waals surface area contributed by atoms with Crippen molar-refractivity contribution in [3.05, 3.63) is 24.0 Å². The van der Waals surface area contributed by atoms with Crippen LogP contribution in [0.2, 0.25) is 0 Å². The van der Waals surface area contributed by atoms with Gasteiger partial charge in [-0.25, -0.2) is 19.0 Å². The van der Waals surface area contributed by atoms with Crippen molar-refractivity contribution in [1.29, 1.82) is 0 Å². The molecule has 2 aliphatic rings. The number of pyridine rings is 1. The average molecular weight is 432 g/mol. The first kappa shape index (κ1) is 21.4. The van der Waals surface area contributed by atoms with E-state index in [0.717, 1.165) is 17.5 Å². The van der Waals surface area contributed by atoms with Gasteiger partial charge in [-0.05, 0) is 31.7 Å². The number of alkyl halides is 1. The highest BCUT2D eigenvalue weighted by Gasteiger charge is 2.37. The molecule has 1 N–H and O–H groups in total. The second-order valence-corrected chi connectivity index (χ2v) is 8.49. The number of nitrogens with zero attached hydrogens (tertiary/aromatic N) is 4. The Bertz CT molecular complexity index is 964. The molecule has 168 valence electrons. The Morgan fingerprint density at radius 3 is 2.74 bits per heavy atom. The first-order valence-corrected chi connectivity index (χ1v) is 10.9. The molecule has 2 fully saturated rings. The van der Waals surface area contributed by atoms with E-state index in [2.05, 4.69) is 21.8 Å².